The van der Waals surface area contributed by atoms with Gasteiger partial charge in [-0.15, -0.1) is 0 Å². The number of hydrogen-bond acceptors (Lipinski definition) is 2. The Morgan fingerprint density at radius 3 is 3.07 bits per heavy atom. The summed E-state index contributed by atoms with van der Waals surface area (Å²) in [4.78, 5) is 0. The Morgan fingerprint density at radius 2 is 2.57 bits per heavy atom. The van der Waals surface area contributed by atoms with E-state index >= 15 is 0 Å². The Kier molecular flexibility index (Phi) is 2.66. The predicted octanol–water partition coefficient (Wildman–Crippen LogP) is 2.43. The van der Waals surface area contributed by atoms with Gasteiger partial charge in [-0.2, -0.15) is 5.10 Å². The molecule has 0 bridgehead atoms. The molecule has 1 aliphatic rings. The largest absolute Gasteiger partial charge is 0.365 e. The molecule has 2 heterocycles. The number of aromatic nitrogens is 2. The van der Waals surface area contributed by atoms with Gasteiger partial charge >= 0.3 is 0 Å². The molecule has 1 aliphatic heterocycles. The fourth-order valence-corrected chi connectivity index (χ4v) is 2.22. The summed E-state index contributed by atoms with van der Waals surface area (Å²) in [5.74, 6) is 0. The molecule has 78 valence electrons. The van der Waals surface area contributed by atoms with Gasteiger partial charge in [0.25, 0.3) is 0 Å². The van der Waals surface area contributed by atoms with Crippen LogP contribution in [0.4, 0.5) is 0 Å². The fourth-order valence-electron chi connectivity index (χ4n) is 1.81. The van der Waals surface area contributed by atoms with Crippen molar-refractivity contribution in [3.8, 4) is 0 Å². The van der Waals surface area contributed by atoms with Crippen molar-refractivity contribution in [3.05, 3.63) is 18.0 Å². The smallest absolute Gasteiger partial charge is 0.102 e. The van der Waals surface area contributed by atoms with E-state index in [0.717, 1.165) is 23.9 Å². The molecule has 3 nitrogen and oxygen atoms in total. The van der Waals surface area contributed by atoms with Crippen LogP contribution in [0.1, 0.15) is 31.6 Å². The van der Waals surface area contributed by atoms with Crippen molar-refractivity contribution in [2.75, 3.05) is 5.33 Å². The molecular formula is C10H15BrN2O. The normalized spacial score (nSPS) is 32.4. The van der Waals surface area contributed by atoms with Gasteiger partial charge in [0.1, 0.15) is 6.10 Å². The Balaban J connectivity index is 2.09. The zero-order valence-electron chi connectivity index (χ0n) is 8.53. The number of ether oxygens (including phenoxy) is 1. The number of halogens is 1. The standard InChI is InChI=1S/C10H15BrN2O/c1-10(7-11)5-3-9(14-10)8-4-6-13(2)12-8/h4,6,9H,3,5,7H2,1-2H3. The van der Waals surface area contributed by atoms with Gasteiger partial charge in [-0.25, -0.2) is 0 Å². The molecule has 2 unspecified atom stereocenters. The molecule has 0 radical (unpaired) electrons. The molecule has 2 atom stereocenters. The Morgan fingerprint density at radius 1 is 1.79 bits per heavy atom. The zero-order valence-corrected chi connectivity index (χ0v) is 10.1. The van der Waals surface area contributed by atoms with Gasteiger partial charge in [-0.3, -0.25) is 4.68 Å². The van der Waals surface area contributed by atoms with E-state index < -0.39 is 0 Å². The molecule has 1 saturated heterocycles. The monoisotopic (exact) mass is 258 g/mol. The molecule has 0 N–H and O–H groups in total. The summed E-state index contributed by atoms with van der Waals surface area (Å²) in [6, 6.07) is 2.03. The Hall–Kier alpha value is -0.350. The minimum Gasteiger partial charge on any atom is -0.365 e. The van der Waals surface area contributed by atoms with E-state index in [9.17, 15) is 0 Å². The third kappa shape index (κ3) is 1.86. The van der Waals surface area contributed by atoms with E-state index in [-0.39, 0.29) is 11.7 Å². The summed E-state index contributed by atoms with van der Waals surface area (Å²) < 4.78 is 7.80. The highest BCUT2D eigenvalue weighted by molar-refractivity contribution is 9.09. The first-order chi connectivity index (χ1) is 6.63. The average molecular weight is 259 g/mol. The first-order valence-corrected chi connectivity index (χ1v) is 5.98. The molecule has 2 rings (SSSR count). The molecule has 14 heavy (non-hydrogen) atoms. The summed E-state index contributed by atoms with van der Waals surface area (Å²) in [5, 5.41) is 5.26. The van der Waals surface area contributed by atoms with Crippen LogP contribution in [0.3, 0.4) is 0 Å². The van der Waals surface area contributed by atoms with Crippen LogP contribution >= 0.6 is 15.9 Å². The first-order valence-electron chi connectivity index (χ1n) is 4.86. The zero-order chi connectivity index (χ0) is 10.2. The first kappa shape index (κ1) is 10.2. The van der Waals surface area contributed by atoms with Crippen LogP contribution in [0.2, 0.25) is 0 Å². The van der Waals surface area contributed by atoms with Crippen molar-refractivity contribution in [2.45, 2.75) is 31.5 Å². The van der Waals surface area contributed by atoms with Gasteiger partial charge in [-0.05, 0) is 25.8 Å². The molecule has 1 aromatic heterocycles. The predicted molar refractivity (Wildman–Crippen MR) is 58.5 cm³/mol. The summed E-state index contributed by atoms with van der Waals surface area (Å²) in [7, 11) is 1.93. The molecule has 1 aromatic rings. The summed E-state index contributed by atoms with van der Waals surface area (Å²) in [6.45, 7) is 2.14. The van der Waals surface area contributed by atoms with Crippen molar-refractivity contribution in [1.82, 2.24) is 9.78 Å². The number of hydrogen-bond donors (Lipinski definition) is 0. The summed E-state index contributed by atoms with van der Waals surface area (Å²) >= 11 is 3.49. The highest BCUT2D eigenvalue weighted by Crippen LogP contribution is 2.39. The number of nitrogens with zero attached hydrogens (tertiary/aromatic N) is 2. The Labute approximate surface area is 92.6 Å². The van der Waals surface area contributed by atoms with Gasteiger partial charge in [0, 0.05) is 18.6 Å². The topological polar surface area (TPSA) is 27.1 Å². The lowest BCUT2D eigenvalue weighted by molar-refractivity contribution is -0.0141. The summed E-state index contributed by atoms with van der Waals surface area (Å²) in [5.41, 5.74) is 1.04. The van der Waals surface area contributed by atoms with Gasteiger partial charge in [-0.1, -0.05) is 15.9 Å². The van der Waals surface area contributed by atoms with E-state index in [1.807, 2.05) is 24.0 Å². The van der Waals surface area contributed by atoms with Crippen molar-refractivity contribution < 1.29 is 4.74 Å². The lowest BCUT2D eigenvalue weighted by Gasteiger charge is -2.21. The van der Waals surface area contributed by atoms with Crippen molar-refractivity contribution in [3.63, 3.8) is 0 Å². The maximum absolute atomic E-state index is 5.97. The molecular weight excluding hydrogens is 244 g/mol. The molecule has 0 aromatic carbocycles. The minimum atomic E-state index is -0.0117. The molecule has 0 spiro atoms. The number of rotatable bonds is 2. The average Bonchev–Trinajstić information content (AvgIpc) is 2.73. The highest BCUT2D eigenvalue weighted by atomic mass is 79.9. The summed E-state index contributed by atoms with van der Waals surface area (Å²) in [6.07, 6.45) is 4.31. The molecule has 0 aliphatic carbocycles. The number of aryl methyl sites for hydroxylation is 1. The van der Waals surface area contributed by atoms with Gasteiger partial charge in [0.15, 0.2) is 0 Å². The van der Waals surface area contributed by atoms with Crippen molar-refractivity contribution in [1.29, 1.82) is 0 Å². The molecule has 0 amide bonds. The van der Waals surface area contributed by atoms with Crippen LogP contribution in [-0.4, -0.2) is 20.7 Å². The molecule has 4 heteroatoms. The van der Waals surface area contributed by atoms with Crippen LogP contribution in [0.25, 0.3) is 0 Å². The van der Waals surface area contributed by atoms with Crippen molar-refractivity contribution >= 4 is 15.9 Å². The second-order valence-electron chi connectivity index (χ2n) is 4.14. The second kappa shape index (κ2) is 3.66. The van der Waals surface area contributed by atoms with E-state index in [1.165, 1.54) is 0 Å². The Bertz CT molecular complexity index is 326. The third-order valence-corrected chi connectivity index (χ3v) is 3.90. The second-order valence-corrected chi connectivity index (χ2v) is 4.70. The maximum Gasteiger partial charge on any atom is 0.102 e. The lowest BCUT2D eigenvalue weighted by atomic mass is 10.0. The SMILES string of the molecule is Cn1ccc(C2CCC(C)(CBr)O2)n1. The fraction of sp³-hybridized carbons (Fsp3) is 0.700. The van der Waals surface area contributed by atoms with Crippen molar-refractivity contribution in [2.24, 2.45) is 7.05 Å². The lowest BCUT2D eigenvalue weighted by Crippen LogP contribution is -2.25. The van der Waals surface area contributed by atoms with Gasteiger partial charge in [0.05, 0.1) is 11.3 Å². The van der Waals surface area contributed by atoms with Crippen LogP contribution in [0.15, 0.2) is 12.3 Å². The minimum absolute atomic E-state index is 0.0117. The van der Waals surface area contributed by atoms with E-state index in [2.05, 4.69) is 28.0 Å². The maximum atomic E-state index is 5.97. The van der Waals surface area contributed by atoms with E-state index in [1.54, 1.807) is 0 Å². The molecule has 0 saturated carbocycles. The van der Waals surface area contributed by atoms with Crippen LogP contribution < -0.4 is 0 Å². The molecule has 1 fully saturated rings. The van der Waals surface area contributed by atoms with E-state index in [0.29, 0.717) is 0 Å². The van der Waals surface area contributed by atoms with Gasteiger partial charge < -0.3 is 4.74 Å². The van der Waals surface area contributed by atoms with Crippen LogP contribution in [-0.2, 0) is 11.8 Å². The third-order valence-electron chi connectivity index (χ3n) is 2.71. The van der Waals surface area contributed by atoms with Gasteiger partial charge in [0.2, 0.25) is 0 Å². The van der Waals surface area contributed by atoms with Crippen LogP contribution in [0.5, 0.6) is 0 Å². The van der Waals surface area contributed by atoms with Crippen LogP contribution in [0, 0.1) is 0 Å². The quantitative estimate of drug-likeness (QED) is 0.763. The van der Waals surface area contributed by atoms with E-state index in [4.69, 9.17) is 4.74 Å². The number of alkyl halides is 1. The highest BCUT2D eigenvalue weighted by Gasteiger charge is 2.36.